The number of rotatable bonds is 6. The van der Waals surface area contributed by atoms with Gasteiger partial charge >= 0.3 is 0 Å². The molecule has 146 valence electrons. The van der Waals surface area contributed by atoms with Gasteiger partial charge in [-0.05, 0) is 12.8 Å². The van der Waals surface area contributed by atoms with E-state index in [9.17, 15) is 4.79 Å². The number of nitrogens with one attached hydrogen (secondary N) is 1. The van der Waals surface area contributed by atoms with Gasteiger partial charge in [0.05, 0.1) is 12.5 Å². The molecule has 2 aliphatic heterocycles. The molecule has 2 aromatic heterocycles. The molecule has 1 unspecified atom stereocenters. The molecule has 0 saturated carbocycles. The second-order valence-electron chi connectivity index (χ2n) is 7.39. The second-order valence-corrected chi connectivity index (χ2v) is 8.37. The quantitative estimate of drug-likeness (QED) is 0.796. The zero-order chi connectivity index (χ0) is 18.7. The van der Waals surface area contributed by atoms with Gasteiger partial charge in [0.2, 0.25) is 11.8 Å². The Balaban J connectivity index is 1.39. The number of amides is 1. The highest BCUT2D eigenvalue weighted by Crippen LogP contribution is 2.44. The number of ether oxygens (including phenoxy) is 1. The van der Waals surface area contributed by atoms with Crippen molar-refractivity contribution in [2.24, 2.45) is 11.3 Å². The number of carbonyl (C=O) groups is 1. The van der Waals surface area contributed by atoms with E-state index in [2.05, 4.69) is 25.3 Å². The third-order valence-corrected chi connectivity index (χ3v) is 6.35. The molecule has 0 bridgehead atoms. The van der Waals surface area contributed by atoms with Crippen LogP contribution in [0.4, 0.5) is 0 Å². The summed E-state index contributed by atoms with van der Waals surface area (Å²) in [5.74, 6) is 1.28. The Bertz CT molecular complexity index is 757. The smallest absolute Gasteiger partial charge is 0.225 e. The van der Waals surface area contributed by atoms with Crippen molar-refractivity contribution in [3.8, 4) is 0 Å². The Morgan fingerprint density at radius 3 is 3.00 bits per heavy atom. The summed E-state index contributed by atoms with van der Waals surface area (Å²) in [5.41, 5.74) is 0.00230. The predicted molar refractivity (Wildman–Crippen MR) is 99.1 cm³/mol. The van der Waals surface area contributed by atoms with Crippen molar-refractivity contribution in [1.29, 1.82) is 0 Å². The lowest BCUT2D eigenvalue weighted by Gasteiger charge is -2.37. The van der Waals surface area contributed by atoms with Crippen molar-refractivity contribution in [2.75, 3.05) is 32.8 Å². The number of nitrogens with zero attached hydrogens (tertiary/aromatic N) is 4. The first-order chi connectivity index (χ1) is 13.1. The van der Waals surface area contributed by atoms with Gasteiger partial charge in [0, 0.05) is 63.2 Å². The van der Waals surface area contributed by atoms with Gasteiger partial charge in [-0.15, -0.1) is 11.3 Å². The molecule has 2 fully saturated rings. The predicted octanol–water partition coefficient (Wildman–Crippen LogP) is 1.42. The molecule has 2 aromatic rings. The van der Waals surface area contributed by atoms with Crippen LogP contribution in [0.2, 0.25) is 0 Å². The minimum Gasteiger partial charge on any atom is -0.381 e. The van der Waals surface area contributed by atoms with Gasteiger partial charge in [-0.2, -0.15) is 4.98 Å². The van der Waals surface area contributed by atoms with Crippen molar-refractivity contribution in [3.05, 3.63) is 28.3 Å². The normalized spacial score (nSPS) is 22.3. The third-order valence-electron chi connectivity index (χ3n) is 5.58. The van der Waals surface area contributed by atoms with Crippen molar-refractivity contribution in [1.82, 2.24) is 25.3 Å². The lowest BCUT2D eigenvalue weighted by atomic mass is 9.72. The van der Waals surface area contributed by atoms with Crippen LogP contribution in [0.5, 0.6) is 0 Å². The Hall–Kier alpha value is -1.84. The maximum atomic E-state index is 13.0. The van der Waals surface area contributed by atoms with Crippen LogP contribution in [0.25, 0.3) is 0 Å². The fourth-order valence-electron chi connectivity index (χ4n) is 4.22. The van der Waals surface area contributed by atoms with E-state index in [1.54, 1.807) is 18.3 Å². The van der Waals surface area contributed by atoms with Crippen LogP contribution in [-0.4, -0.2) is 58.8 Å². The first-order valence-electron chi connectivity index (χ1n) is 9.40. The van der Waals surface area contributed by atoms with E-state index < -0.39 is 0 Å². The van der Waals surface area contributed by atoms with Gasteiger partial charge < -0.3 is 14.6 Å². The molecule has 0 aliphatic carbocycles. The SMILES string of the molecule is Cc1nc(CCNC(=O)C2CN(Cc3nccs3)CC23CCOCC3)no1. The van der Waals surface area contributed by atoms with E-state index in [1.165, 1.54) is 0 Å². The number of likely N-dealkylation sites (tertiary alicyclic amines) is 1. The number of carbonyl (C=O) groups excluding carboxylic acids is 1. The third kappa shape index (κ3) is 4.20. The molecule has 0 radical (unpaired) electrons. The lowest BCUT2D eigenvalue weighted by molar-refractivity contribution is -0.129. The zero-order valence-electron chi connectivity index (χ0n) is 15.5. The van der Waals surface area contributed by atoms with Crippen LogP contribution in [0.15, 0.2) is 16.1 Å². The minimum atomic E-state index is -0.0200. The molecule has 1 N–H and O–H groups in total. The first kappa shape index (κ1) is 18.5. The van der Waals surface area contributed by atoms with Crippen LogP contribution in [0.3, 0.4) is 0 Å². The summed E-state index contributed by atoms with van der Waals surface area (Å²) >= 11 is 1.67. The highest BCUT2D eigenvalue weighted by molar-refractivity contribution is 7.09. The summed E-state index contributed by atoms with van der Waals surface area (Å²) in [6.45, 7) is 6.26. The van der Waals surface area contributed by atoms with E-state index in [-0.39, 0.29) is 17.2 Å². The fourth-order valence-corrected chi connectivity index (χ4v) is 4.88. The molecular weight excluding hydrogens is 366 g/mol. The lowest BCUT2D eigenvalue weighted by Crippen LogP contribution is -2.44. The van der Waals surface area contributed by atoms with Crippen molar-refractivity contribution in [2.45, 2.75) is 32.7 Å². The zero-order valence-corrected chi connectivity index (χ0v) is 16.3. The molecule has 4 rings (SSSR count). The molecule has 8 nitrogen and oxygen atoms in total. The van der Waals surface area contributed by atoms with E-state index in [0.717, 1.165) is 50.7 Å². The number of hydrogen-bond donors (Lipinski definition) is 1. The molecular formula is C18H25N5O3S. The summed E-state index contributed by atoms with van der Waals surface area (Å²) in [6.07, 6.45) is 4.28. The van der Waals surface area contributed by atoms with Gasteiger partial charge in [-0.3, -0.25) is 9.69 Å². The molecule has 9 heteroatoms. The van der Waals surface area contributed by atoms with Crippen molar-refractivity contribution in [3.63, 3.8) is 0 Å². The number of thiazole rings is 1. The number of hydrogen-bond acceptors (Lipinski definition) is 8. The van der Waals surface area contributed by atoms with Gasteiger partial charge in [0.15, 0.2) is 5.82 Å². The summed E-state index contributed by atoms with van der Waals surface area (Å²) in [4.78, 5) is 24.0. The van der Waals surface area contributed by atoms with Crippen molar-refractivity contribution >= 4 is 17.2 Å². The van der Waals surface area contributed by atoms with E-state index in [0.29, 0.717) is 24.7 Å². The van der Waals surface area contributed by atoms with Gasteiger partial charge in [-0.25, -0.2) is 4.98 Å². The maximum absolute atomic E-state index is 13.0. The first-order valence-corrected chi connectivity index (χ1v) is 10.3. The molecule has 0 aromatic carbocycles. The standard InChI is InChI=1S/C18H25N5O3S/c1-13-21-15(22-26-13)2-5-20-17(24)14-10-23(11-16-19-6-9-27-16)12-18(14)3-7-25-8-4-18/h6,9,14H,2-5,7-8,10-12H2,1H3,(H,20,24). The number of aryl methyl sites for hydroxylation is 1. The molecule has 2 saturated heterocycles. The van der Waals surface area contributed by atoms with Crippen LogP contribution < -0.4 is 5.32 Å². The highest BCUT2D eigenvalue weighted by Gasteiger charge is 2.50. The average Bonchev–Trinajstić information content (AvgIpc) is 3.38. The van der Waals surface area contributed by atoms with E-state index >= 15 is 0 Å². The Morgan fingerprint density at radius 1 is 1.44 bits per heavy atom. The maximum Gasteiger partial charge on any atom is 0.225 e. The Morgan fingerprint density at radius 2 is 2.30 bits per heavy atom. The summed E-state index contributed by atoms with van der Waals surface area (Å²) < 4.78 is 10.6. The summed E-state index contributed by atoms with van der Waals surface area (Å²) in [5, 5.41) is 10.1. The number of aromatic nitrogens is 3. The molecule has 2 aliphatic rings. The van der Waals surface area contributed by atoms with Crippen LogP contribution in [-0.2, 0) is 22.5 Å². The van der Waals surface area contributed by atoms with Crippen molar-refractivity contribution < 1.29 is 14.1 Å². The fraction of sp³-hybridized carbons (Fsp3) is 0.667. The minimum absolute atomic E-state index is 0.00230. The highest BCUT2D eigenvalue weighted by atomic mass is 32.1. The van der Waals surface area contributed by atoms with E-state index in [1.807, 2.05) is 11.6 Å². The molecule has 27 heavy (non-hydrogen) atoms. The summed E-state index contributed by atoms with van der Waals surface area (Å²) in [6, 6.07) is 0. The van der Waals surface area contributed by atoms with Gasteiger partial charge in [0.25, 0.3) is 0 Å². The molecule has 1 amide bonds. The Kier molecular flexibility index (Phi) is 5.51. The Labute approximate surface area is 162 Å². The average molecular weight is 391 g/mol. The largest absolute Gasteiger partial charge is 0.381 e. The van der Waals surface area contributed by atoms with E-state index in [4.69, 9.17) is 9.26 Å². The van der Waals surface area contributed by atoms with Gasteiger partial charge in [-0.1, -0.05) is 5.16 Å². The second kappa shape index (κ2) is 8.04. The monoisotopic (exact) mass is 391 g/mol. The van der Waals surface area contributed by atoms with Crippen LogP contribution in [0.1, 0.15) is 29.6 Å². The van der Waals surface area contributed by atoms with Crippen LogP contribution >= 0.6 is 11.3 Å². The topological polar surface area (TPSA) is 93.4 Å². The molecule has 1 atom stereocenters. The van der Waals surface area contributed by atoms with Gasteiger partial charge in [0.1, 0.15) is 5.01 Å². The molecule has 4 heterocycles. The summed E-state index contributed by atoms with van der Waals surface area (Å²) in [7, 11) is 0. The molecule has 1 spiro atoms. The van der Waals surface area contributed by atoms with Crippen LogP contribution in [0, 0.1) is 18.3 Å².